The van der Waals surface area contributed by atoms with Crippen molar-refractivity contribution in [3.63, 3.8) is 0 Å². The highest BCUT2D eigenvalue weighted by Gasteiger charge is 2.34. The van der Waals surface area contributed by atoms with Gasteiger partial charge in [0.2, 0.25) is 0 Å². The number of alkyl halides is 3. The summed E-state index contributed by atoms with van der Waals surface area (Å²) in [5.41, 5.74) is 0.531. The van der Waals surface area contributed by atoms with Crippen LogP contribution in [0.15, 0.2) is 53.1 Å². The molecule has 1 saturated heterocycles. The Balaban J connectivity index is 1.67. The van der Waals surface area contributed by atoms with E-state index in [4.69, 9.17) is 9.15 Å². The Morgan fingerprint density at radius 1 is 0.963 bits per heavy atom. The Hall–Kier alpha value is -2.80. The first-order valence-electron chi connectivity index (χ1n) is 8.49. The molecule has 0 N–H and O–H groups in total. The van der Waals surface area contributed by atoms with E-state index < -0.39 is 11.7 Å². The monoisotopic (exact) mass is 375 g/mol. The zero-order chi connectivity index (χ0) is 19.0. The van der Waals surface area contributed by atoms with E-state index in [2.05, 4.69) is 0 Å². The van der Waals surface area contributed by atoms with Crippen molar-refractivity contribution in [1.29, 1.82) is 0 Å². The average molecular weight is 375 g/mol. The van der Waals surface area contributed by atoms with E-state index in [1.165, 1.54) is 12.3 Å². The van der Waals surface area contributed by atoms with Crippen LogP contribution in [0.4, 0.5) is 13.2 Å². The van der Waals surface area contributed by atoms with Gasteiger partial charge in [-0.1, -0.05) is 12.1 Å². The number of furan rings is 1. The Kier molecular flexibility index (Phi) is 4.39. The quantitative estimate of drug-likeness (QED) is 0.658. The number of benzene rings is 2. The van der Waals surface area contributed by atoms with Gasteiger partial charge in [0.15, 0.2) is 0 Å². The molecule has 0 radical (unpaired) electrons. The van der Waals surface area contributed by atoms with Gasteiger partial charge < -0.3 is 14.1 Å². The van der Waals surface area contributed by atoms with E-state index in [0.29, 0.717) is 48.4 Å². The Morgan fingerprint density at radius 3 is 2.33 bits per heavy atom. The van der Waals surface area contributed by atoms with E-state index in [1.54, 1.807) is 35.2 Å². The molecule has 4 nitrogen and oxygen atoms in total. The van der Waals surface area contributed by atoms with Crippen molar-refractivity contribution in [2.45, 2.75) is 6.18 Å². The predicted octanol–water partition coefficient (Wildman–Crippen LogP) is 4.59. The van der Waals surface area contributed by atoms with Crippen molar-refractivity contribution in [3.8, 4) is 11.1 Å². The third kappa shape index (κ3) is 3.42. The summed E-state index contributed by atoms with van der Waals surface area (Å²) in [6.07, 6.45) is -3.27. The van der Waals surface area contributed by atoms with Crippen molar-refractivity contribution >= 4 is 16.9 Å². The molecule has 3 aromatic rings. The summed E-state index contributed by atoms with van der Waals surface area (Å²) < 4.78 is 50.3. The number of hydrogen-bond acceptors (Lipinski definition) is 3. The normalized spacial score (nSPS) is 15.3. The zero-order valence-corrected chi connectivity index (χ0v) is 14.3. The van der Waals surface area contributed by atoms with Crippen LogP contribution in [0, 0.1) is 0 Å². The van der Waals surface area contributed by atoms with Gasteiger partial charge in [-0.25, -0.2) is 0 Å². The topological polar surface area (TPSA) is 42.7 Å². The van der Waals surface area contributed by atoms with Gasteiger partial charge in [-0.3, -0.25) is 4.79 Å². The summed E-state index contributed by atoms with van der Waals surface area (Å²) >= 11 is 0. The van der Waals surface area contributed by atoms with Crippen LogP contribution in [-0.4, -0.2) is 37.1 Å². The van der Waals surface area contributed by atoms with Gasteiger partial charge in [0.25, 0.3) is 5.91 Å². The summed E-state index contributed by atoms with van der Waals surface area (Å²) in [5, 5.41) is 0.383. The van der Waals surface area contributed by atoms with Gasteiger partial charge in [0, 0.05) is 24.0 Å². The fraction of sp³-hybridized carbons (Fsp3) is 0.250. The van der Waals surface area contributed by atoms with Crippen molar-refractivity contribution < 1.29 is 27.1 Å². The predicted molar refractivity (Wildman–Crippen MR) is 93.4 cm³/mol. The number of ether oxygens (including phenoxy) is 1. The van der Waals surface area contributed by atoms with Crippen LogP contribution in [-0.2, 0) is 10.9 Å². The van der Waals surface area contributed by atoms with Crippen LogP contribution in [0.3, 0.4) is 0 Å². The molecular weight excluding hydrogens is 359 g/mol. The summed E-state index contributed by atoms with van der Waals surface area (Å²) in [6.45, 7) is 2.09. The average Bonchev–Trinajstić information content (AvgIpc) is 3.15. The molecule has 2 aromatic carbocycles. The van der Waals surface area contributed by atoms with Gasteiger partial charge in [-0.05, 0) is 41.5 Å². The van der Waals surface area contributed by atoms with Crippen LogP contribution in [0.25, 0.3) is 22.1 Å². The molecule has 0 spiro atoms. The summed E-state index contributed by atoms with van der Waals surface area (Å²) in [4.78, 5) is 14.2. The molecule has 1 aromatic heterocycles. The third-order valence-electron chi connectivity index (χ3n) is 4.62. The Bertz CT molecular complexity index is 970. The Labute approximate surface area is 153 Å². The summed E-state index contributed by atoms with van der Waals surface area (Å²) in [5.74, 6) is -0.105. The lowest BCUT2D eigenvalue weighted by atomic mass is 9.99. The second kappa shape index (κ2) is 6.74. The largest absolute Gasteiger partial charge is 0.464 e. The zero-order valence-electron chi connectivity index (χ0n) is 14.3. The molecule has 7 heteroatoms. The van der Waals surface area contributed by atoms with Gasteiger partial charge in [0.1, 0.15) is 5.58 Å². The fourth-order valence-electron chi connectivity index (χ4n) is 3.21. The molecule has 1 fully saturated rings. The van der Waals surface area contributed by atoms with Crippen molar-refractivity contribution in [2.24, 2.45) is 0 Å². The minimum Gasteiger partial charge on any atom is -0.464 e. The van der Waals surface area contributed by atoms with Crippen LogP contribution < -0.4 is 0 Å². The second-order valence-corrected chi connectivity index (χ2v) is 6.34. The smallest absolute Gasteiger partial charge is 0.420 e. The van der Waals surface area contributed by atoms with Crippen LogP contribution in [0.5, 0.6) is 0 Å². The number of rotatable bonds is 2. The maximum Gasteiger partial charge on any atom is 0.420 e. The molecule has 0 aliphatic carbocycles. The third-order valence-corrected chi connectivity index (χ3v) is 4.62. The number of carbonyl (C=O) groups is 1. The molecule has 140 valence electrons. The van der Waals surface area contributed by atoms with E-state index in [0.717, 1.165) is 6.07 Å². The minimum atomic E-state index is -4.52. The number of morpholine rings is 1. The van der Waals surface area contributed by atoms with Crippen LogP contribution in [0.1, 0.15) is 15.9 Å². The van der Waals surface area contributed by atoms with Crippen LogP contribution in [0.2, 0.25) is 0 Å². The number of nitrogens with zero attached hydrogens (tertiary/aromatic N) is 1. The number of halogens is 3. The van der Waals surface area contributed by atoms with Crippen molar-refractivity contribution in [3.05, 3.63) is 59.9 Å². The van der Waals surface area contributed by atoms with Crippen molar-refractivity contribution in [1.82, 2.24) is 4.90 Å². The molecule has 0 saturated carbocycles. The number of hydrogen-bond donors (Lipinski definition) is 0. The maximum atomic E-state index is 13.3. The van der Waals surface area contributed by atoms with Gasteiger partial charge in [0.05, 0.1) is 25.0 Å². The Morgan fingerprint density at radius 2 is 1.67 bits per heavy atom. The highest BCUT2D eigenvalue weighted by molar-refractivity contribution is 5.95. The van der Waals surface area contributed by atoms with E-state index in [9.17, 15) is 18.0 Å². The lowest BCUT2D eigenvalue weighted by Gasteiger charge is -2.26. The minimum absolute atomic E-state index is 0.105. The van der Waals surface area contributed by atoms with Gasteiger partial charge >= 0.3 is 6.18 Å². The van der Waals surface area contributed by atoms with Gasteiger partial charge in [-0.2, -0.15) is 13.2 Å². The number of carbonyl (C=O) groups excluding carboxylic acids is 1. The molecule has 4 rings (SSSR count). The highest BCUT2D eigenvalue weighted by atomic mass is 19.4. The van der Waals surface area contributed by atoms with E-state index in [-0.39, 0.29) is 11.5 Å². The molecule has 1 aliphatic heterocycles. The summed E-state index contributed by atoms with van der Waals surface area (Å²) in [6, 6.07) is 10.8. The summed E-state index contributed by atoms with van der Waals surface area (Å²) in [7, 11) is 0. The van der Waals surface area contributed by atoms with E-state index in [1.807, 2.05) is 0 Å². The van der Waals surface area contributed by atoms with Crippen molar-refractivity contribution in [2.75, 3.05) is 26.3 Å². The first kappa shape index (κ1) is 17.6. The molecular formula is C20H16F3NO3. The van der Waals surface area contributed by atoms with Gasteiger partial charge in [-0.15, -0.1) is 0 Å². The highest BCUT2D eigenvalue weighted by Crippen LogP contribution is 2.38. The first-order valence-corrected chi connectivity index (χ1v) is 8.49. The van der Waals surface area contributed by atoms with E-state index >= 15 is 0 Å². The number of amides is 1. The SMILES string of the molecule is O=C(c1ccc(-c2cc(C(F)(F)F)c3occc3c2)cc1)N1CCOCC1. The lowest BCUT2D eigenvalue weighted by Crippen LogP contribution is -2.40. The van der Waals surface area contributed by atoms with Crippen LogP contribution >= 0.6 is 0 Å². The standard InChI is InChI=1S/C20H16F3NO3/c21-20(22,23)17-12-16(11-15-5-8-27-18(15)17)13-1-3-14(4-2-13)19(25)24-6-9-26-10-7-24/h1-5,8,11-12H,6-7,9-10H2. The second-order valence-electron chi connectivity index (χ2n) is 6.34. The molecule has 0 atom stereocenters. The maximum absolute atomic E-state index is 13.3. The molecule has 1 aliphatic rings. The molecule has 2 heterocycles. The molecule has 27 heavy (non-hydrogen) atoms. The fourth-order valence-corrected chi connectivity index (χ4v) is 3.21. The first-order chi connectivity index (χ1) is 12.9. The molecule has 0 unspecified atom stereocenters. The lowest BCUT2D eigenvalue weighted by molar-refractivity contribution is -0.136. The molecule has 1 amide bonds. The number of fused-ring (bicyclic) bond motifs is 1. The molecule has 0 bridgehead atoms.